The number of halogens is 1. The highest BCUT2D eigenvalue weighted by atomic mass is 19.1. The highest BCUT2D eigenvalue weighted by Gasteiger charge is 2.17. The summed E-state index contributed by atoms with van der Waals surface area (Å²) in [6, 6.07) is 14.1. The molecule has 35 heavy (non-hydrogen) atoms. The summed E-state index contributed by atoms with van der Waals surface area (Å²) in [5.41, 5.74) is 2.54. The molecule has 2 N–H and O–H groups in total. The first-order valence-electron chi connectivity index (χ1n) is 12.0. The molecule has 1 aromatic heterocycles. The Hall–Kier alpha value is -3.70. The van der Waals surface area contributed by atoms with Gasteiger partial charge in [-0.2, -0.15) is 5.26 Å². The van der Waals surface area contributed by atoms with Crippen LogP contribution in [-0.2, 0) is 11.2 Å². The molecule has 1 aliphatic heterocycles. The zero-order chi connectivity index (χ0) is 24.9. The number of nitrogens with one attached hydrogen (secondary N) is 2. The van der Waals surface area contributed by atoms with E-state index in [0.717, 1.165) is 50.5 Å². The molecule has 0 radical (unpaired) electrons. The van der Waals surface area contributed by atoms with Gasteiger partial charge in [-0.15, -0.1) is 0 Å². The van der Waals surface area contributed by atoms with Crippen LogP contribution in [0.2, 0.25) is 0 Å². The summed E-state index contributed by atoms with van der Waals surface area (Å²) in [7, 11) is 0. The quantitative estimate of drug-likeness (QED) is 0.541. The number of rotatable bonds is 7. The van der Waals surface area contributed by atoms with Gasteiger partial charge in [0.2, 0.25) is 5.91 Å². The van der Waals surface area contributed by atoms with E-state index in [-0.39, 0.29) is 22.8 Å². The number of carbonyl (C=O) groups is 1. The van der Waals surface area contributed by atoms with E-state index in [1.165, 1.54) is 12.1 Å². The van der Waals surface area contributed by atoms with Crippen molar-refractivity contribution >= 4 is 28.1 Å². The van der Waals surface area contributed by atoms with Gasteiger partial charge in [-0.3, -0.25) is 14.5 Å². The van der Waals surface area contributed by atoms with Crippen LogP contribution in [0.25, 0.3) is 10.8 Å². The average Bonchev–Trinajstić information content (AvgIpc) is 2.85. The maximum Gasteiger partial charge on any atom is 0.256 e. The first kappa shape index (κ1) is 24.4. The van der Waals surface area contributed by atoms with Gasteiger partial charge in [-0.25, -0.2) is 4.39 Å². The van der Waals surface area contributed by atoms with E-state index < -0.39 is 5.82 Å². The lowest BCUT2D eigenvalue weighted by Crippen LogP contribution is -2.46. The lowest BCUT2D eigenvalue weighted by molar-refractivity contribution is -0.118. The zero-order valence-electron chi connectivity index (χ0n) is 20.1. The molecular weight excluding hydrogens is 445 g/mol. The number of fused-ring (bicyclic) bond motifs is 1. The van der Waals surface area contributed by atoms with Crippen molar-refractivity contribution in [2.75, 3.05) is 42.9 Å². The second kappa shape index (κ2) is 10.7. The van der Waals surface area contributed by atoms with Crippen molar-refractivity contribution in [3.8, 4) is 6.07 Å². The molecule has 1 aliphatic rings. The molecule has 0 unspecified atom stereocenters. The molecule has 7 nitrogen and oxygen atoms in total. The van der Waals surface area contributed by atoms with Crippen LogP contribution in [0.4, 0.5) is 15.8 Å². The van der Waals surface area contributed by atoms with Crippen LogP contribution in [0, 0.1) is 23.1 Å². The Morgan fingerprint density at radius 1 is 1.11 bits per heavy atom. The second-order valence-electron chi connectivity index (χ2n) is 9.27. The third-order valence-corrected chi connectivity index (χ3v) is 6.42. The third kappa shape index (κ3) is 5.87. The molecule has 8 heteroatoms. The minimum absolute atomic E-state index is 0.223. The van der Waals surface area contributed by atoms with E-state index >= 15 is 0 Å². The molecule has 0 bridgehead atoms. The van der Waals surface area contributed by atoms with E-state index in [1.54, 1.807) is 13.8 Å². The van der Waals surface area contributed by atoms with Gasteiger partial charge in [0, 0.05) is 48.9 Å². The number of aromatic amines is 1. The van der Waals surface area contributed by atoms with Gasteiger partial charge in [0.15, 0.2) is 0 Å². The van der Waals surface area contributed by atoms with Crippen molar-refractivity contribution in [2.45, 2.75) is 26.7 Å². The number of nitrogens with zero attached hydrogens (tertiary/aromatic N) is 3. The number of pyridine rings is 1. The molecule has 2 aromatic carbocycles. The molecule has 0 aliphatic carbocycles. The maximum atomic E-state index is 14.1. The number of aromatic nitrogens is 1. The highest BCUT2D eigenvalue weighted by molar-refractivity contribution is 6.02. The van der Waals surface area contributed by atoms with Crippen molar-refractivity contribution in [2.24, 2.45) is 5.92 Å². The fourth-order valence-electron chi connectivity index (χ4n) is 4.37. The van der Waals surface area contributed by atoms with Crippen molar-refractivity contribution in [1.82, 2.24) is 9.88 Å². The predicted molar refractivity (Wildman–Crippen MR) is 136 cm³/mol. The Morgan fingerprint density at radius 2 is 1.83 bits per heavy atom. The number of anilines is 2. The van der Waals surface area contributed by atoms with Crippen molar-refractivity contribution in [3.63, 3.8) is 0 Å². The largest absolute Gasteiger partial charge is 0.369 e. The minimum atomic E-state index is -0.560. The number of hydrogen-bond acceptors (Lipinski definition) is 5. The minimum Gasteiger partial charge on any atom is -0.369 e. The fraction of sp³-hybridized carbons (Fsp3) is 0.370. The lowest BCUT2D eigenvalue weighted by atomic mass is 10.1. The molecule has 1 fully saturated rings. The van der Waals surface area contributed by atoms with Gasteiger partial charge in [-0.05, 0) is 61.9 Å². The van der Waals surface area contributed by atoms with Crippen molar-refractivity contribution < 1.29 is 9.18 Å². The van der Waals surface area contributed by atoms with Gasteiger partial charge < -0.3 is 15.2 Å². The number of benzene rings is 2. The number of carbonyl (C=O) groups excluding carboxylic acids is 1. The molecule has 0 spiro atoms. The first-order chi connectivity index (χ1) is 16.8. The number of H-pyrrole nitrogens is 1. The monoisotopic (exact) mass is 475 g/mol. The third-order valence-electron chi connectivity index (χ3n) is 6.42. The Labute approximate surface area is 204 Å². The Morgan fingerprint density at radius 3 is 2.49 bits per heavy atom. The number of piperazine rings is 1. The summed E-state index contributed by atoms with van der Waals surface area (Å²) in [5.74, 6) is -1.04. The molecule has 3 aromatic rings. The summed E-state index contributed by atoms with van der Waals surface area (Å²) in [6.45, 7) is 8.16. The Bertz CT molecular complexity index is 1300. The summed E-state index contributed by atoms with van der Waals surface area (Å²) in [6.07, 6.45) is 1.54. The Balaban J connectivity index is 1.37. The summed E-state index contributed by atoms with van der Waals surface area (Å²) < 4.78 is 14.1. The first-order valence-corrected chi connectivity index (χ1v) is 12.0. The number of aryl methyl sites for hydroxylation is 1. The lowest BCUT2D eigenvalue weighted by Gasteiger charge is -2.36. The van der Waals surface area contributed by atoms with Crippen LogP contribution in [-0.4, -0.2) is 48.5 Å². The van der Waals surface area contributed by atoms with Crippen LogP contribution in [0.5, 0.6) is 0 Å². The van der Waals surface area contributed by atoms with E-state index in [9.17, 15) is 14.0 Å². The van der Waals surface area contributed by atoms with Crippen molar-refractivity contribution in [1.29, 1.82) is 5.26 Å². The topological polar surface area (TPSA) is 92.2 Å². The van der Waals surface area contributed by atoms with E-state index in [1.807, 2.05) is 30.3 Å². The number of amides is 1. The van der Waals surface area contributed by atoms with E-state index in [4.69, 9.17) is 5.26 Å². The molecule has 1 saturated heterocycles. The van der Waals surface area contributed by atoms with Crippen LogP contribution in [0.3, 0.4) is 0 Å². The van der Waals surface area contributed by atoms with Crippen LogP contribution < -0.4 is 15.8 Å². The zero-order valence-corrected chi connectivity index (χ0v) is 20.1. The van der Waals surface area contributed by atoms with Gasteiger partial charge in [-0.1, -0.05) is 13.8 Å². The molecular formula is C27H30FN5O2. The molecule has 1 amide bonds. The van der Waals surface area contributed by atoms with Crippen molar-refractivity contribution in [3.05, 3.63) is 69.9 Å². The van der Waals surface area contributed by atoms with E-state index in [2.05, 4.69) is 26.2 Å². The van der Waals surface area contributed by atoms with Crippen LogP contribution in [0.15, 0.2) is 47.3 Å². The van der Waals surface area contributed by atoms with Gasteiger partial charge in [0.05, 0.1) is 22.7 Å². The molecule has 2 heterocycles. The fourth-order valence-corrected chi connectivity index (χ4v) is 4.37. The molecule has 4 rings (SSSR count). The number of nitriles is 1. The predicted octanol–water partition coefficient (Wildman–Crippen LogP) is 3.89. The summed E-state index contributed by atoms with van der Waals surface area (Å²) in [5, 5.41) is 12.5. The standard InChI is InChI=1S/C27H30FN5O2/c1-18(2)26(34)31-25-15-20(28)14-24-23(25)16-21(30-27(24)35)4-3-9-32-10-12-33(13-11-32)22-7-5-19(17-29)6-8-22/h5-8,14-16,18H,3-4,9-13H2,1-2H3,(H,30,35)(H,31,34). The van der Waals surface area contributed by atoms with Gasteiger partial charge >= 0.3 is 0 Å². The SMILES string of the molecule is CC(C)C(=O)Nc1cc(F)cc2c(=O)[nH]c(CCCN3CCN(c4ccc(C#N)cc4)CC3)cc12. The molecule has 0 atom stereocenters. The maximum absolute atomic E-state index is 14.1. The molecule has 182 valence electrons. The number of hydrogen-bond donors (Lipinski definition) is 2. The smallest absolute Gasteiger partial charge is 0.256 e. The van der Waals surface area contributed by atoms with Gasteiger partial charge in [0.1, 0.15) is 5.82 Å². The summed E-state index contributed by atoms with van der Waals surface area (Å²) in [4.78, 5) is 32.4. The Kier molecular flexibility index (Phi) is 7.47. The van der Waals surface area contributed by atoms with Gasteiger partial charge in [0.25, 0.3) is 5.56 Å². The normalized spacial score (nSPS) is 14.3. The summed E-state index contributed by atoms with van der Waals surface area (Å²) >= 11 is 0. The van der Waals surface area contributed by atoms with E-state index in [0.29, 0.717) is 23.1 Å². The highest BCUT2D eigenvalue weighted by Crippen LogP contribution is 2.24. The average molecular weight is 476 g/mol. The van der Waals surface area contributed by atoms with Crippen LogP contribution >= 0.6 is 0 Å². The molecule has 0 saturated carbocycles. The van der Waals surface area contributed by atoms with Crippen LogP contribution in [0.1, 0.15) is 31.5 Å². The second-order valence-corrected chi connectivity index (χ2v) is 9.27.